The second kappa shape index (κ2) is 5.18. The Morgan fingerprint density at radius 1 is 1.00 bits per heavy atom. The average molecular weight is 235 g/mol. The summed E-state index contributed by atoms with van der Waals surface area (Å²) in [4.78, 5) is 4.64. The molecule has 18 heavy (non-hydrogen) atoms. The molecule has 1 aliphatic carbocycles. The van der Waals surface area contributed by atoms with Crippen molar-refractivity contribution in [3.8, 4) is 0 Å². The van der Waals surface area contributed by atoms with E-state index in [0.717, 1.165) is 25.8 Å². The Kier molecular flexibility index (Phi) is 3.22. The molecular formula is C17H17N. The number of hydrogen-bond acceptors (Lipinski definition) is 1. The number of hydrogen-bond donors (Lipinski definition) is 0. The van der Waals surface area contributed by atoms with Gasteiger partial charge < -0.3 is 0 Å². The summed E-state index contributed by atoms with van der Waals surface area (Å²) in [6, 6.07) is 10.6. The molecule has 0 amide bonds. The largest absolute Gasteiger partial charge is 0.280 e. The molecule has 3 rings (SSSR count). The van der Waals surface area contributed by atoms with Crippen LogP contribution >= 0.6 is 0 Å². The van der Waals surface area contributed by atoms with E-state index in [9.17, 15) is 0 Å². The molecule has 0 spiro atoms. The van der Waals surface area contributed by atoms with E-state index >= 15 is 0 Å². The van der Waals surface area contributed by atoms with E-state index in [1.807, 2.05) is 0 Å². The number of allylic oxidation sites excluding steroid dienone is 5. The lowest BCUT2D eigenvalue weighted by Gasteiger charge is -2.11. The van der Waals surface area contributed by atoms with Gasteiger partial charge in [-0.25, -0.2) is 0 Å². The van der Waals surface area contributed by atoms with E-state index < -0.39 is 0 Å². The lowest BCUT2D eigenvalue weighted by atomic mass is 9.94. The Bertz CT molecular complexity index is 544. The second-order valence-electron chi connectivity index (χ2n) is 4.72. The first-order valence-corrected chi connectivity index (χ1v) is 6.58. The van der Waals surface area contributed by atoms with Gasteiger partial charge in [-0.05, 0) is 36.0 Å². The van der Waals surface area contributed by atoms with Crippen LogP contribution in [-0.4, -0.2) is 12.3 Å². The van der Waals surface area contributed by atoms with Crippen molar-refractivity contribution >= 4 is 5.71 Å². The Morgan fingerprint density at radius 2 is 1.89 bits per heavy atom. The van der Waals surface area contributed by atoms with Crippen LogP contribution in [0.25, 0.3) is 0 Å². The Labute approximate surface area is 108 Å². The zero-order chi connectivity index (χ0) is 12.2. The van der Waals surface area contributed by atoms with E-state index in [1.165, 1.54) is 22.4 Å². The van der Waals surface area contributed by atoms with Gasteiger partial charge in [0, 0.05) is 0 Å². The monoisotopic (exact) mass is 235 g/mol. The number of rotatable bonds is 3. The van der Waals surface area contributed by atoms with Gasteiger partial charge in [0.05, 0.1) is 12.3 Å². The van der Waals surface area contributed by atoms with Crippen molar-refractivity contribution in [2.45, 2.75) is 19.3 Å². The van der Waals surface area contributed by atoms with Crippen LogP contribution in [0.4, 0.5) is 0 Å². The highest BCUT2D eigenvalue weighted by atomic mass is 14.8. The zero-order valence-electron chi connectivity index (χ0n) is 10.5. The van der Waals surface area contributed by atoms with Crippen molar-refractivity contribution in [1.82, 2.24) is 0 Å². The summed E-state index contributed by atoms with van der Waals surface area (Å²) in [5.74, 6) is 0. The molecule has 90 valence electrons. The Balaban J connectivity index is 1.79. The number of benzene rings is 1. The van der Waals surface area contributed by atoms with Crippen molar-refractivity contribution in [3.63, 3.8) is 0 Å². The summed E-state index contributed by atoms with van der Waals surface area (Å²) < 4.78 is 0. The fourth-order valence-electron chi connectivity index (χ4n) is 2.48. The van der Waals surface area contributed by atoms with Gasteiger partial charge in [-0.3, -0.25) is 4.99 Å². The van der Waals surface area contributed by atoms with Gasteiger partial charge in [-0.2, -0.15) is 0 Å². The predicted octanol–water partition coefficient (Wildman–Crippen LogP) is 3.89. The van der Waals surface area contributed by atoms with E-state index in [4.69, 9.17) is 0 Å². The smallest absolute Gasteiger partial charge is 0.0679 e. The fraction of sp³-hybridized carbons (Fsp3) is 0.235. The molecule has 0 N–H and O–H groups in total. The van der Waals surface area contributed by atoms with Crippen LogP contribution in [0.1, 0.15) is 18.4 Å². The molecule has 1 aliphatic heterocycles. The molecule has 0 saturated carbocycles. The van der Waals surface area contributed by atoms with Gasteiger partial charge in [-0.15, -0.1) is 0 Å². The Morgan fingerprint density at radius 3 is 2.67 bits per heavy atom. The van der Waals surface area contributed by atoms with Crippen molar-refractivity contribution in [3.05, 3.63) is 71.3 Å². The normalized spacial score (nSPS) is 18.3. The van der Waals surface area contributed by atoms with E-state index in [1.54, 1.807) is 0 Å². The van der Waals surface area contributed by atoms with Crippen LogP contribution in [0.2, 0.25) is 0 Å². The molecule has 1 aromatic rings. The molecular weight excluding hydrogens is 218 g/mol. The number of aliphatic imine (C=N–C) groups is 1. The van der Waals surface area contributed by atoms with Crippen LogP contribution in [0, 0.1) is 0 Å². The highest BCUT2D eigenvalue weighted by molar-refractivity contribution is 6.15. The maximum Gasteiger partial charge on any atom is 0.0679 e. The van der Waals surface area contributed by atoms with Gasteiger partial charge >= 0.3 is 0 Å². The summed E-state index contributed by atoms with van der Waals surface area (Å²) in [5.41, 5.74) is 5.24. The molecule has 0 unspecified atom stereocenters. The Hall–Kier alpha value is -1.89. The van der Waals surface area contributed by atoms with Crippen LogP contribution in [-0.2, 0) is 6.42 Å². The lowest BCUT2D eigenvalue weighted by molar-refractivity contribution is 1.03. The third kappa shape index (κ3) is 2.35. The molecule has 0 atom stereocenters. The fourth-order valence-corrected chi connectivity index (χ4v) is 2.48. The molecule has 1 aromatic carbocycles. The van der Waals surface area contributed by atoms with Gasteiger partial charge in [-0.1, -0.05) is 54.6 Å². The minimum atomic E-state index is 0.836. The van der Waals surface area contributed by atoms with E-state index in [0.29, 0.717) is 0 Å². The molecule has 0 bridgehead atoms. The maximum atomic E-state index is 4.64. The molecule has 1 nitrogen and oxygen atoms in total. The summed E-state index contributed by atoms with van der Waals surface area (Å²) in [6.45, 7) is 0.836. The molecule has 1 heteroatoms. The van der Waals surface area contributed by atoms with E-state index in [2.05, 4.69) is 59.6 Å². The highest BCUT2D eigenvalue weighted by Gasteiger charge is 2.15. The minimum absolute atomic E-state index is 0.836. The molecule has 0 radical (unpaired) electrons. The van der Waals surface area contributed by atoms with E-state index in [-0.39, 0.29) is 0 Å². The first kappa shape index (κ1) is 11.2. The maximum absolute atomic E-state index is 4.64. The van der Waals surface area contributed by atoms with Crippen LogP contribution in [0.3, 0.4) is 0 Å². The van der Waals surface area contributed by atoms with Gasteiger partial charge in [0.15, 0.2) is 0 Å². The molecule has 0 fully saturated rings. The van der Waals surface area contributed by atoms with Crippen LogP contribution < -0.4 is 0 Å². The topological polar surface area (TPSA) is 12.4 Å². The quantitative estimate of drug-likeness (QED) is 0.753. The summed E-state index contributed by atoms with van der Waals surface area (Å²) in [5, 5.41) is 0. The van der Waals surface area contributed by atoms with Crippen molar-refractivity contribution in [1.29, 1.82) is 0 Å². The third-order valence-corrected chi connectivity index (χ3v) is 3.40. The van der Waals surface area contributed by atoms with Crippen LogP contribution in [0.15, 0.2) is 70.8 Å². The second-order valence-corrected chi connectivity index (χ2v) is 4.72. The average Bonchev–Trinajstić information content (AvgIpc) is 2.89. The molecule has 1 heterocycles. The van der Waals surface area contributed by atoms with Crippen molar-refractivity contribution in [2.24, 2.45) is 4.99 Å². The first-order valence-electron chi connectivity index (χ1n) is 6.58. The molecule has 0 aromatic heterocycles. The first-order chi connectivity index (χ1) is 8.93. The third-order valence-electron chi connectivity index (χ3n) is 3.40. The van der Waals surface area contributed by atoms with Gasteiger partial charge in [0.2, 0.25) is 0 Å². The summed E-state index contributed by atoms with van der Waals surface area (Å²) in [7, 11) is 0. The standard InChI is InChI=1S/C17H17N/c1-3-7-14(8-4-1)13-16-11-12-18-17(16)15-9-5-2-6-10-15/h1,3-5,7-11H,2,6,12-13H2. The number of nitrogens with zero attached hydrogens (tertiary/aromatic N) is 1. The van der Waals surface area contributed by atoms with Gasteiger partial charge in [0.1, 0.15) is 0 Å². The van der Waals surface area contributed by atoms with Gasteiger partial charge in [0.25, 0.3) is 0 Å². The van der Waals surface area contributed by atoms with Crippen molar-refractivity contribution in [2.75, 3.05) is 6.54 Å². The zero-order valence-corrected chi connectivity index (χ0v) is 10.5. The minimum Gasteiger partial charge on any atom is -0.280 e. The molecule has 2 aliphatic rings. The summed E-state index contributed by atoms with van der Waals surface area (Å²) >= 11 is 0. The lowest BCUT2D eigenvalue weighted by Crippen LogP contribution is -2.06. The SMILES string of the molecule is C1=CC(C2=NCC=C2Cc2ccccc2)=CCC1. The van der Waals surface area contributed by atoms with Crippen molar-refractivity contribution < 1.29 is 0 Å². The predicted molar refractivity (Wildman–Crippen MR) is 77.0 cm³/mol. The molecule has 0 saturated heterocycles. The summed E-state index contributed by atoms with van der Waals surface area (Å²) in [6.07, 6.45) is 12.3. The van der Waals surface area contributed by atoms with Crippen LogP contribution in [0.5, 0.6) is 0 Å². The highest BCUT2D eigenvalue weighted by Crippen LogP contribution is 2.22.